The molecular weight excluding hydrogens is 250 g/mol. The highest BCUT2D eigenvalue weighted by molar-refractivity contribution is 7.99. The van der Waals surface area contributed by atoms with Gasteiger partial charge in [0.15, 0.2) is 0 Å². The lowest BCUT2D eigenvalue weighted by molar-refractivity contribution is 0.303. The van der Waals surface area contributed by atoms with Gasteiger partial charge in [0, 0.05) is 6.04 Å². The summed E-state index contributed by atoms with van der Waals surface area (Å²) in [6.45, 7) is 1.29. The first-order valence-corrected chi connectivity index (χ1v) is 8.38. The van der Waals surface area contributed by atoms with Gasteiger partial charge in [0.2, 0.25) is 0 Å². The Hall–Kier alpha value is 0.600. The van der Waals surface area contributed by atoms with Crippen LogP contribution in [0.25, 0.3) is 0 Å². The number of nitrogens with one attached hydrogen (secondary N) is 1. The molecule has 2 aliphatic carbocycles. The van der Waals surface area contributed by atoms with E-state index < -0.39 is 0 Å². The molecule has 0 aromatic carbocycles. The van der Waals surface area contributed by atoms with Crippen molar-refractivity contribution in [2.24, 2.45) is 17.8 Å². The monoisotopic (exact) mass is 275 g/mol. The van der Waals surface area contributed by atoms with E-state index in [1.807, 2.05) is 0 Å². The van der Waals surface area contributed by atoms with Gasteiger partial charge in [0.25, 0.3) is 0 Å². The smallest absolute Gasteiger partial charge is 0.00827 e. The number of rotatable bonds is 4. The average molecular weight is 276 g/mol. The zero-order valence-corrected chi connectivity index (χ0v) is 12.3. The maximum absolute atomic E-state index is 3.79. The molecule has 3 rings (SSSR count). The largest absolute Gasteiger partial charge is 0.314 e. The van der Waals surface area contributed by atoms with E-state index in [2.05, 4.69) is 17.1 Å². The van der Waals surface area contributed by atoms with Crippen LogP contribution in [-0.2, 0) is 0 Å². The van der Waals surface area contributed by atoms with Crippen molar-refractivity contribution in [3.63, 3.8) is 0 Å². The summed E-state index contributed by atoms with van der Waals surface area (Å²) < 4.78 is 0. The predicted octanol–water partition coefficient (Wildman–Crippen LogP) is 3.72. The third-order valence-electron chi connectivity index (χ3n) is 5.05. The quantitative estimate of drug-likeness (QED) is 0.839. The summed E-state index contributed by atoms with van der Waals surface area (Å²) in [5, 5.41) is 3.79. The second kappa shape index (κ2) is 6.68. The van der Waals surface area contributed by atoms with E-state index in [9.17, 15) is 0 Å². The number of thioether (sulfide) groups is 1. The van der Waals surface area contributed by atoms with E-state index in [4.69, 9.17) is 0 Å². The minimum atomic E-state index is 0. The van der Waals surface area contributed by atoms with Crippen molar-refractivity contribution < 1.29 is 0 Å². The van der Waals surface area contributed by atoms with E-state index in [0.717, 1.165) is 23.8 Å². The summed E-state index contributed by atoms with van der Waals surface area (Å²) in [7, 11) is 0. The summed E-state index contributed by atoms with van der Waals surface area (Å²) in [5.74, 6) is 6.09. The second-order valence-electron chi connectivity index (χ2n) is 6.06. The number of halogens is 1. The van der Waals surface area contributed by atoms with Gasteiger partial charge in [-0.3, -0.25) is 0 Å². The molecule has 0 spiro atoms. The van der Waals surface area contributed by atoms with E-state index >= 15 is 0 Å². The van der Waals surface area contributed by atoms with Crippen molar-refractivity contribution in [2.75, 3.05) is 18.1 Å². The van der Waals surface area contributed by atoms with Crippen molar-refractivity contribution >= 4 is 24.2 Å². The van der Waals surface area contributed by atoms with Crippen LogP contribution in [-0.4, -0.2) is 24.1 Å². The Balaban J connectivity index is 0.00000108. The van der Waals surface area contributed by atoms with E-state index in [0.29, 0.717) is 0 Å². The molecule has 100 valence electrons. The van der Waals surface area contributed by atoms with Gasteiger partial charge in [-0.25, -0.2) is 0 Å². The average Bonchev–Trinajstić information content (AvgIpc) is 2.92. The van der Waals surface area contributed by atoms with E-state index in [-0.39, 0.29) is 12.4 Å². The van der Waals surface area contributed by atoms with Gasteiger partial charge in [-0.1, -0.05) is 6.42 Å². The summed E-state index contributed by atoms with van der Waals surface area (Å²) >= 11 is 2.13. The van der Waals surface area contributed by atoms with Crippen LogP contribution in [0.5, 0.6) is 0 Å². The maximum atomic E-state index is 3.79. The first-order chi connectivity index (χ1) is 7.92. The van der Waals surface area contributed by atoms with E-state index in [1.165, 1.54) is 37.3 Å². The molecule has 3 heteroatoms. The van der Waals surface area contributed by atoms with E-state index in [1.54, 1.807) is 25.7 Å². The maximum Gasteiger partial charge on any atom is 0.00827 e. The van der Waals surface area contributed by atoms with Gasteiger partial charge in [-0.15, -0.1) is 12.4 Å². The number of hydrogen-bond acceptors (Lipinski definition) is 2. The third-order valence-corrected chi connectivity index (χ3v) is 6.10. The molecule has 2 bridgehead atoms. The predicted molar refractivity (Wildman–Crippen MR) is 79.2 cm³/mol. The molecule has 0 amide bonds. The summed E-state index contributed by atoms with van der Waals surface area (Å²) in [6, 6.07) is 0.847. The van der Waals surface area contributed by atoms with Gasteiger partial charge in [0.1, 0.15) is 0 Å². The highest BCUT2D eigenvalue weighted by atomic mass is 35.5. The Kier molecular flexibility index (Phi) is 5.50. The molecule has 3 atom stereocenters. The summed E-state index contributed by atoms with van der Waals surface area (Å²) in [6.07, 6.45) is 10.5. The van der Waals surface area contributed by atoms with Crippen LogP contribution in [0.4, 0.5) is 0 Å². The van der Waals surface area contributed by atoms with Crippen molar-refractivity contribution in [2.45, 2.75) is 51.0 Å². The second-order valence-corrected chi connectivity index (χ2v) is 7.29. The normalized spacial score (nSPS) is 37.1. The van der Waals surface area contributed by atoms with Crippen LogP contribution >= 0.6 is 24.2 Å². The molecule has 3 fully saturated rings. The molecule has 17 heavy (non-hydrogen) atoms. The van der Waals surface area contributed by atoms with Crippen LogP contribution < -0.4 is 5.32 Å². The minimum Gasteiger partial charge on any atom is -0.314 e. The summed E-state index contributed by atoms with van der Waals surface area (Å²) in [5.41, 5.74) is 0. The van der Waals surface area contributed by atoms with Gasteiger partial charge in [-0.05, 0) is 74.3 Å². The fourth-order valence-corrected chi connectivity index (χ4v) is 5.21. The number of fused-ring (bicyclic) bond motifs is 2. The molecule has 0 aromatic heterocycles. The molecular formula is C14H26ClNS. The Labute approximate surface area is 116 Å². The highest BCUT2D eigenvalue weighted by Gasteiger charge is 2.38. The van der Waals surface area contributed by atoms with Gasteiger partial charge in [-0.2, -0.15) is 11.8 Å². The minimum absolute atomic E-state index is 0. The van der Waals surface area contributed by atoms with Gasteiger partial charge in [0.05, 0.1) is 0 Å². The molecule has 1 nitrogen and oxygen atoms in total. The molecule has 1 heterocycles. The van der Waals surface area contributed by atoms with Crippen molar-refractivity contribution in [3.05, 3.63) is 0 Å². The number of hydrogen-bond donors (Lipinski definition) is 1. The molecule has 0 radical (unpaired) electrons. The van der Waals surface area contributed by atoms with Gasteiger partial charge >= 0.3 is 0 Å². The summed E-state index contributed by atoms with van der Waals surface area (Å²) in [4.78, 5) is 0. The molecule has 3 unspecified atom stereocenters. The van der Waals surface area contributed by atoms with Crippen LogP contribution in [0.15, 0.2) is 0 Å². The Morgan fingerprint density at radius 1 is 1.00 bits per heavy atom. The van der Waals surface area contributed by atoms with Crippen molar-refractivity contribution in [1.82, 2.24) is 5.32 Å². The standard InChI is InChI=1S/C14H25NS.ClH/c1-2-12-9-11(1)10-13(12)3-6-15-14-4-7-16-8-5-14;/h11-15H,1-10H2;1H. The Morgan fingerprint density at radius 2 is 1.82 bits per heavy atom. The molecule has 1 aliphatic heterocycles. The first kappa shape index (κ1) is 14.0. The topological polar surface area (TPSA) is 12.0 Å². The Morgan fingerprint density at radius 3 is 2.47 bits per heavy atom. The SMILES string of the molecule is C(CC1CC2CCC1C2)NC1CCSCC1.Cl. The highest BCUT2D eigenvalue weighted by Crippen LogP contribution is 2.49. The van der Waals surface area contributed by atoms with Crippen LogP contribution in [0.2, 0.25) is 0 Å². The fourth-order valence-electron chi connectivity index (χ4n) is 4.10. The zero-order chi connectivity index (χ0) is 10.8. The lowest BCUT2D eigenvalue weighted by Crippen LogP contribution is -2.34. The molecule has 1 saturated heterocycles. The van der Waals surface area contributed by atoms with Crippen LogP contribution in [0.1, 0.15) is 44.9 Å². The molecule has 1 N–H and O–H groups in total. The fraction of sp³-hybridized carbons (Fsp3) is 1.00. The lowest BCUT2D eigenvalue weighted by atomic mass is 9.86. The zero-order valence-electron chi connectivity index (χ0n) is 10.7. The van der Waals surface area contributed by atoms with Crippen LogP contribution in [0.3, 0.4) is 0 Å². The molecule has 0 aromatic rings. The lowest BCUT2D eigenvalue weighted by Gasteiger charge is -2.25. The third kappa shape index (κ3) is 3.54. The van der Waals surface area contributed by atoms with Crippen molar-refractivity contribution in [1.29, 1.82) is 0 Å². The molecule has 3 aliphatic rings. The van der Waals surface area contributed by atoms with Gasteiger partial charge < -0.3 is 5.32 Å². The Bertz CT molecular complexity index is 230. The molecule has 2 saturated carbocycles. The van der Waals surface area contributed by atoms with Crippen molar-refractivity contribution in [3.8, 4) is 0 Å². The first-order valence-electron chi connectivity index (χ1n) is 7.23. The van der Waals surface area contributed by atoms with Crippen LogP contribution in [0, 0.1) is 17.8 Å².